The molecule has 0 unspecified atom stereocenters. The van der Waals surface area contributed by atoms with Crippen molar-refractivity contribution < 1.29 is 8.78 Å². The number of aromatic nitrogens is 2. The zero-order valence-electron chi connectivity index (χ0n) is 14.5. The summed E-state index contributed by atoms with van der Waals surface area (Å²) >= 11 is 0. The molecule has 1 N–H and O–H groups in total. The van der Waals surface area contributed by atoms with Gasteiger partial charge in [-0.2, -0.15) is 0 Å². The van der Waals surface area contributed by atoms with Crippen LogP contribution in [0.5, 0.6) is 0 Å². The molecule has 1 saturated heterocycles. The number of halogens is 2. The van der Waals surface area contributed by atoms with Crippen molar-refractivity contribution in [3.8, 4) is 11.3 Å². The van der Waals surface area contributed by atoms with E-state index in [9.17, 15) is 8.78 Å². The van der Waals surface area contributed by atoms with Crippen molar-refractivity contribution in [2.24, 2.45) is 0 Å². The van der Waals surface area contributed by atoms with E-state index >= 15 is 0 Å². The van der Waals surface area contributed by atoms with Crippen LogP contribution in [0.15, 0.2) is 42.5 Å². The molecule has 1 aromatic heterocycles. The molecule has 3 aromatic rings. The number of anilines is 1. The van der Waals surface area contributed by atoms with Crippen molar-refractivity contribution in [2.75, 3.05) is 25.0 Å². The SMILES string of the molecule is CNC1CCN(c2nc(-c3c(F)cccc3F)c3ccccc3n2)CC1. The van der Waals surface area contributed by atoms with Gasteiger partial charge in [0.15, 0.2) is 0 Å². The summed E-state index contributed by atoms with van der Waals surface area (Å²) in [6, 6.07) is 11.7. The third kappa shape index (κ3) is 3.01. The lowest BCUT2D eigenvalue weighted by molar-refractivity contribution is 0.439. The number of rotatable bonds is 3. The van der Waals surface area contributed by atoms with Crippen LogP contribution in [0.3, 0.4) is 0 Å². The van der Waals surface area contributed by atoms with Crippen LogP contribution in [0.2, 0.25) is 0 Å². The summed E-state index contributed by atoms with van der Waals surface area (Å²) in [5.74, 6) is -0.710. The Morgan fingerprint density at radius 3 is 2.35 bits per heavy atom. The normalized spacial score (nSPS) is 15.6. The standard InChI is InChI=1S/C20H20F2N4/c1-23-13-9-11-26(12-10-13)20-24-17-8-3-2-5-14(17)19(25-20)18-15(21)6-4-7-16(18)22/h2-8,13,23H,9-12H2,1H3. The van der Waals surface area contributed by atoms with Crippen molar-refractivity contribution in [3.63, 3.8) is 0 Å². The van der Waals surface area contributed by atoms with Gasteiger partial charge < -0.3 is 10.2 Å². The van der Waals surface area contributed by atoms with Gasteiger partial charge in [0.25, 0.3) is 0 Å². The Morgan fingerprint density at radius 2 is 1.65 bits per heavy atom. The average Bonchev–Trinajstić information content (AvgIpc) is 2.67. The second-order valence-electron chi connectivity index (χ2n) is 6.54. The lowest BCUT2D eigenvalue weighted by Gasteiger charge is -2.32. The molecule has 1 aliphatic heterocycles. The average molecular weight is 354 g/mol. The largest absolute Gasteiger partial charge is 0.341 e. The summed E-state index contributed by atoms with van der Waals surface area (Å²) in [5.41, 5.74) is 0.889. The van der Waals surface area contributed by atoms with Crippen LogP contribution in [0.1, 0.15) is 12.8 Å². The van der Waals surface area contributed by atoms with Gasteiger partial charge in [0.1, 0.15) is 11.6 Å². The third-order valence-corrected chi connectivity index (χ3v) is 4.98. The smallest absolute Gasteiger partial charge is 0.226 e. The van der Waals surface area contributed by atoms with E-state index in [1.807, 2.05) is 25.2 Å². The Kier molecular flexibility index (Phi) is 4.51. The highest BCUT2D eigenvalue weighted by molar-refractivity contribution is 5.93. The number of para-hydroxylation sites is 1. The molecule has 26 heavy (non-hydrogen) atoms. The van der Waals surface area contributed by atoms with Gasteiger partial charge >= 0.3 is 0 Å². The predicted molar refractivity (Wildman–Crippen MR) is 99.2 cm³/mol. The maximum Gasteiger partial charge on any atom is 0.226 e. The van der Waals surface area contributed by atoms with Gasteiger partial charge in [0, 0.05) is 24.5 Å². The summed E-state index contributed by atoms with van der Waals surface area (Å²) in [6.45, 7) is 1.62. The highest BCUT2D eigenvalue weighted by Crippen LogP contribution is 2.32. The van der Waals surface area contributed by atoms with E-state index in [0.717, 1.165) is 25.9 Å². The molecule has 4 nitrogen and oxygen atoms in total. The topological polar surface area (TPSA) is 41.0 Å². The summed E-state index contributed by atoms with van der Waals surface area (Å²) in [7, 11) is 1.96. The van der Waals surface area contributed by atoms with Crippen LogP contribution < -0.4 is 10.2 Å². The lowest BCUT2D eigenvalue weighted by Crippen LogP contribution is -2.41. The van der Waals surface area contributed by atoms with Crippen LogP contribution in [0, 0.1) is 11.6 Å². The van der Waals surface area contributed by atoms with Gasteiger partial charge in [-0.25, -0.2) is 18.7 Å². The van der Waals surface area contributed by atoms with Gasteiger partial charge in [0.2, 0.25) is 5.95 Å². The van der Waals surface area contributed by atoms with E-state index in [0.29, 0.717) is 28.6 Å². The zero-order chi connectivity index (χ0) is 18.1. The van der Waals surface area contributed by atoms with E-state index < -0.39 is 11.6 Å². The number of hydrogen-bond donors (Lipinski definition) is 1. The number of fused-ring (bicyclic) bond motifs is 1. The molecule has 134 valence electrons. The van der Waals surface area contributed by atoms with Crippen LogP contribution in [0.25, 0.3) is 22.2 Å². The Hall–Kier alpha value is -2.60. The molecule has 1 fully saturated rings. The van der Waals surface area contributed by atoms with E-state index in [-0.39, 0.29) is 5.56 Å². The molecular weight excluding hydrogens is 334 g/mol. The van der Waals surface area contributed by atoms with Gasteiger partial charge in [-0.05, 0) is 38.1 Å². The van der Waals surface area contributed by atoms with Gasteiger partial charge in [-0.15, -0.1) is 0 Å². The maximum atomic E-state index is 14.4. The molecule has 2 heterocycles. The lowest BCUT2D eigenvalue weighted by atomic mass is 10.0. The number of nitrogens with one attached hydrogen (secondary N) is 1. The molecule has 1 aliphatic rings. The van der Waals surface area contributed by atoms with Crippen molar-refractivity contribution in [2.45, 2.75) is 18.9 Å². The van der Waals surface area contributed by atoms with Crippen LogP contribution in [-0.2, 0) is 0 Å². The summed E-state index contributed by atoms with van der Waals surface area (Å²) in [5, 5.41) is 3.93. The summed E-state index contributed by atoms with van der Waals surface area (Å²) in [6.07, 6.45) is 1.96. The van der Waals surface area contributed by atoms with Crippen LogP contribution in [0.4, 0.5) is 14.7 Å². The minimum Gasteiger partial charge on any atom is -0.341 e. The quantitative estimate of drug-likeness (QED) is 0.777. The first-order valence-corrected chi connectivity index (χ1v) is 8.80. The Balaban J connectivity index is 1.85. The van der Waals surface area contributed by atoms with Gasteiger partial charge in [-0.1, -0.05) is 24.3 Å². The number of nitrogens with zero attached hydrogens (tertiary/aromatic N) is 3. The van der Waals surface area contributed by atoms with E-state index in [2.05, 4.69) is 20.2 Å². The zero-order valence-corrected chi connectivity index (χ0v) is 14.5. The summed E-state index contributed by atoms with van der Waals surface area (Å²) < 4.78 is 28.8. The third-order valence-electron chi connectivity index (χ3n) is 4.98. The number of hydrogen-bond acceptors (Lipinski definition) is 4. The van der Waals surface area contributed by atoms with Crippen molar-refractivity contribution in [1.82, 2.24) is 15.3 Å². The summed E-state index contributed by atoms with van der Waals surface area (Å²) in [4.78, 5) is 11.3. The number of benzene rings is 2. The molecule has 0 atom stereocenters. The van der Waals surface area contributed by atoms with Gasteiger partial charge in [0.05, 0.1) is 16.8 Å². The number of piperidine rings is 1. The van der Waals surface area contributed by atoms with Gasteiger partial charge in [-0.3, -0.25) is 0 Å². The fourth-order valence-corrected chi connectivity index (χ4v) is 3.49. The first-order chi connectivity index (χ1) is 12.7. The second kappa shape index (κ2) is 6.96. The Bertz CT molecular complexity index is 916. The molecule has 6 heteroatoms. The van der Waals surface area contributed by atoms with Crippen molar-refractivity contribution in [1.29, 1.82) is 0 Å². The Labute approximate surface area is 150 Å². The van der Waals surface area contributed by atoms with E-state index in [1.54, 1.807) is 6.07 Å². The Morgan fingerprint density at radius 1 is 0.962 bits per heavy atom. The fraction of sp³-hybridized carbons (Fsp3) is 0.300. The van der Waals surface area contributed by atoms with E-state index in [1.165, 1.54) is 18.2 Å². The first kappa shape index (κ1) is 16.8. The molecule has 0 bridgehead atoms. The monoisotopic (exact) mass is 354 g/mol. The molecule has 0 amide bonds. The van der Waals surface area contributed by atoms with Crippen LogP contribution >= 0.6 is 0 Å². The van der Waals surface area contributed by atoms with Crippen molar-refractivity contribution in [3.05, 3.63) is 54.1 Å². The molecule has 4 rings (SSSR count). The first-order valence-electron chi connectivity index (χ1n) is 8.80. The predicted octanol–water partition coefficient (Wildman–Crippen LogP) is 3.76. The minimum atomic E-state index is -0.617. The molecular formula is C20H20F2N4. The van der Waals surface area contributed by atoms with Crippen molar-refractivity contribution >= 4 is 16.9 Å². The molecule has 0 aliphatic carbocycles. The van der Waals surface area contributed by atoms with E-state index in [4.69, 9.17) is 0 Å². The minimum absolute atomic E-state index is 0.0996. The second-order valence-corrected chi connectivity index (χ2v) is 6.54. The molecule has 0 radical (unpaired) electrons. The molecule has 0 spiro atoms. The maximum absolute atomic E-state index is 14.4. The van der Waals surface area contributed by atoms with Crippen LogP contribution in [-0.4, -0.2) is 36.1 Å². The fourth-order valence-electron chi connectivity index (χ4n) is 3.49. The molecule has 2 aromatic carbocycles. The highest BCUT2D eigenvalue weighted by Gasteiger charge is 2.23. The molecule has 0 saturated carbocycles. The highest BCUT2D eigenvalue weighted by atomic mass is 19.1.